The molecule has 0 radical (unpaired) electrons. The lowest BCUT2D eigenvalue weighted by Gasteiger charge is -2.37. The van der Waals surface area contributed by atoms with E-state index in [9.17, 15) is 13.2 Å². The molecule has 3 N–H and O–H groups in total. The summed E-state index contributed by atoms with van der Waals surface area (Å²) in [5.41, 5.74) is 11.4. The number of ether oxygens (including phenoxy) is 2. The number of benzene rings is 2. The number of carbonyl (C=O) groups excluding carboxylic acids is 1. The minimum absolute atomic E-state index is 0.0248. The van der Waals surface area contributed by atoms with Crippen molar-refractivity contribution in [2.75, 3.05) is 12.3 Å². The summed E-state index contributed by atoms with van der Waals surface area (Å²) >= 11 is 0. The summed E-state index contributed by atoms with van der Waals surface area (Å²) in [6.07, 6.45) is 5.34. The molecule has 2 aromatic carbocycles. The summed E-state index contributed by atoms with van der Waals surface area (Å²) in [6.45, 7) is 13.9. The van der Waals surface area contributed by atoms with Crippen LogP contribution in [0.4, 0.5) is 10.6 Å². The number of aromatic nitrogens is 2. The Morgan fingerprint density at radius 1 is 1.06 bits per heavy atom. The highest BCUT2D eigenvalue weighted by Crippen LogP contribution is 2.49. The molecular formula is C36H48N4O6S. The SMILES string of the molecule is Cc1ccc(S(=O)(=O)OCCC(C)c2c(OC3CCC(NC(=O)OC(C)(C)C)CC3)ccc3c2CC(C)(C)c2c(N)ncnc2-3)cc1. The minimum atomic E-state index is -3.89. The molecule has 0 saturated heterocycles. The first-order valence-corrected chi connectivity index (χ1v) is 17.8. The molecular weight excluding hydrogens is 616 g/mol. The van der Waals surface area contributed by atoms with Crippen molar-refractivity contribution in [3.8, 4) is 17.0 Å². The number of anilines is 1. The van der Waals surface area contributed by atoms with E-state index in [0.717, 1.165) is 64.9 Å². The topological polar surface area (TPSA) is 143 Å². The van der Waals surface area contributed by atoms with Gasteiger partial charge in [0.1, 0.15) is 23.5 Å². The maximum absolute atomic E-state index is 12.9. The Labute approximate surface area is 278 Å². The number of nitrogens with one attached hydrogen (secondary N) is 1. The second-order valence-electron chi connectivity index (χ2n) is 14.6. The first-order chi connectivity index (χ1) is 22.0. The van der Waals surface area contributed by atoms with Crippen LogP contribution in [0.25, 0.3) is 11.3 Å². The van der Waals surface area contributed by atoms with Gasteiger partial charge in [0.25, 0.3) is 10.1 Å². The summed E-state index contributed by atoms with van der Waals surface area (Å²) in [4.78, 5) is 21.4. The van der Waals surface area contributed by atoms with Crippen molar-refractivity contribution in [1.29, 1.82) is 0 Å². The Kier molecular flexibility index (Phi) is 9.89. The maximum Gasteiger partial charge on any atom is 0.407 e. The van der Waals surface area contributed by atoms with Crippen molar-refractivity contribution in [1.82, 2.24) is 15.3 Å². The van der Waals surface area contributed by atoms with E-state index in [1.165, 1.54) is 6.33 Å². The molecule has 47 heavy (non-hydrogen) atoms. The zero-order chi connectivity index (χ0) is 34.1. The molecule has 1 saturated carbocycles. The van der Waals surface area contributed by atoms with Gasteiger partial charge in [-0.2, -0.15) is 8.42 Å². The summed E-state index contributed by atoms with van der Waals surface area (Å²) in [5, 5.41) is 3.00. The summed E-state index contributed by atoms with van der Waals surface area (Å²) < 4.78 is 43.6. The van der Waals surface area contributed by atoms with Gasteiger partial charge in [0.2, 0.25) is 0 Å². The molecule has 254 valence electrons. The van der Waals surface area contributed by atoms with Gasteiger partial charge in [0.15, 0.2) is 0 Å². The summed E-state index contributed by atoms with van der Waals surface area (Å²) in [5.74, 6) is 1.17. The van der Waals surface area contributed by atoms with Crippen LogP contribution < -0.4 is 15.8 Å². The molecule has 1 amide bonds. The van der Waals surface area contributed by atoms with E-state index in [1.807, 2.05) is 33.8 Å². The minimum Gasteiger partial charge on any atom is -0.490 e. The molecule has 2 aliphatic rings. The lowest BCUT2D eigenvalue weighted by Crippen LogP contribution is -2.42. The smallest absolute Gasteiger partial charge is 0.407 e. The third kappa shape index (κ3) is 8.06. The van der Waals surface area contributed by atoms with E-state index in [0.29, 0.717) is 18.7 Å². The van der Waals surface area contributed by atoms with E-state index in [4.69, 9.17) is 19.4 Å². The first kappa shape index (κ1) is 34.6. The highest BCUT2D eigenvalue weighted by Gasteiger charge is 2.38. The normalized spacial score (nSPS) is 19.6. The van der Waals surface area contributed by atoms with E-state index in [-0.39, 0.29) is 35.0 Å². The van der Waals surface area contributed by atoms with Crippen LogP contribution in [-0.2, 0) is 30.9 Å². The number of alkyl carbamates (subject to hydrolysis) is 1. The molecule has 2 aliphatic carbocycles. The molecule has 1 fully saturated rings. The van der Waals surface area contributed by atoms with E-state index in [2.05, 4.69) is 42.1 Å². The number of hydrogen-bond acceptors (Lipinski definition) is 9. The van der Waals surface area contributed by atoms with Gasteiger partial charge in [-0.25, -0.2) is 14.8 Å². The van der Waals surface area contributed by atoms with Gasteiger partial charge >= 0.3 is 6.09 Å². The van der Waals surface area contributed by atoms with Crippen LogP contribution in [0.1, 0.15) is 102 Å². The third-order valence-corrected chi connectivity index (χ3v) is 10.4. The van der Waals surface area contributed by atoms with Gasteiger partial charge in [-0.1, -0.05) is 38.5 Å². The first-order valence-electron chi connectivity index (χ1n) is 16.4. The largest absolute Gasteiger partial charge is 0.490 e. The Bertz CT molecular complexity index is 1710. The van der Waals surface area contributed by atoms with Crippen LogP contribution >= 0.6 is 0 Å². The van der Waals surface area contributed by atoms with Crippen LogP contribution in [0.15, 0.2) is 47.6 Å². The third-order valence-electron chi connectivity index (χ3n) is 9.02. The van der Waals surface area contributed by atoms with E-state index in [1.54, 1.807) is 24.3 Å². The van der Waals surface area contributed by atoms with Crippen LogP contribution in [0.3, 0.4) is 0 Å². The van der Waals surface area contributed by atoms with Crippen molar-refractivity contribution in [2.24, 2.45) is 0 Å². The Hall–Kier alpha value is -3.70. The fourth-order valence-electron chi connectivity index (χ4n) is 6.73. The van der Waals surface area contributed by atoms with Crippen LogP contribution in [0, 0.1) is 6.92 Å². The van der Waals surface area contributed by atoms with E-state index >= 15 is 0 Å². The van der Waals surface area contributed by atoms with Gasteiger partial charge in [-0.3, -0.25) is 4.18 Å². The van der Waals surface area contributed by atoms with Gasteiger partial charge in [-0.05, 0) is 107 Å². The van der Waals surface area contributed by atoms with Crippen LogP contribution in [0.5, 0.6) is 5.75 Å². The van der Waals surface area contributed by atoms with Gasteiger partial charge in [0.05, 0.1) is 23.3 Å². The van der Waals surface area contributed by atoms with Crippen molar-refractivity contribution >= 4 is 22.0 Å². The fraction of sp³-hybridized carbons (Fsp3) is 0.528. The number of rotatable bonds is 9. The van der Waals surface area contributed by atoms with Crippen molar-refractivity contribution < 1.29 is 26.9 Å². The monoisotopic (exact) mass is 664 g/mol. The molecule has 0 spiro atoms. The highest BCUT2D eigenvalue weighted by molar-refractivity contribution is 7.86. The number of fused-ring (bicyclic) bond motifs is 3. The predicted octanol–water partition coefficient (Wildman–Crippen LogP) is 6.98. The predicted molar refractivity (Wildman–Crippen MR) is 182 cm³/mol. The van der Waals surface area contributed by atoms with Gasteiger partial charge in [-0.15, -0.1) is 0 Å². The summed E-state index contributed by atoms with van der Waals surface area (Å²) in [7, 11) is -3.89. The molecule has 1 heterocycles. The number of nitrogens with zero attached hydrogens (tertiary/aromatic N) is 2. The lowest BCUT2D eigenvalue weighted by atomic mass is 9.69. The Balaban J connectivity index is 1.38. The van der Waals surface area contributed by atoms with Crippen LogP contribution in [0.2, 0.25) is 0 Å². The van der Waals surface area contributed by atoms with Crippen molar-refractivity contribution in [3.05, 3.63) is 65.0 Å². The number of nitrogens with two attached hydrogens (primary N) is 1. The average Bonchev–Trinajstić information content (AvgIpc) is 2.96. The number of aryl methyl sites for hydroxylation is 1. The standard InChI is InChI=1S/C36H48N4O6S/c1-22-8-14-26(15-9-22)47(42,43)44-19-18-23(2)30-28-20-36(6,7)31-32(38-21-39-33(31)37)27(28)16-17-29(30)45-25-12-10-24(11-13-25)40-34(41)46-35(3,4)5/h8-9,14-17,21,23-25H,10-13,18-20H2,1-7H3,(H,40,41)(H2,37,38,39). The number of carbonyl (C=O) groups is 1. The molecule has 10 nitrogen and oxygen atoms in total. The lowest BCUT2D eigenvalue weighted by molar-refractivity contribution is 0.0470. The molecule has 11 heteroatoms. The maximum atomic E-state index is 12.9. The number of hydrogen-bond donors (Lipinski definition) is 2. The highest BCUT2D eigenvalue weighted by atomic mass is 32.2. The zero-order valence-electron chi connectivity index (χ0n) is 28.6. The molecule has 1 atom stereocenters. The summed E-state index contributed by atoms with van der Waals surface area (Å²) in [6, 6.07) is 10.7. The van der Waals surface area contributed by atoms with Crippen LogP contribution in [-0.4, -0.2) is 48.8 Å². The van der Waals surface area contributed by atoms with Crippen molar-refractivity contribution in [3.63, 3.8) is 0 Å². The molecule has 5 rings (SSSR count). The zero-order valence-corrected chi connectivity index (χ0v) is 29.4. The second-order valence-corrected chi connectivity index (χ2v) is 16.2. The second kappa shape index (κ2) is 13.4. The van der Waals surface area contributed by atoms with Gasteiger partial charge in [0, 0.05) is 22.7 Å². The molecule has 1 unspecified atom stereocenters. The molecule has 0 aliphatic heterocycles. The Morgan fingerprint density at radius 3 is 2.40 bits per heavy atom. The van der Waals surface area contributed by atoms with E-state index < -0.39 is 21.8 Å². The van der Waals surface area contributed by atoms with Crippen molar-refractivity contribution in [2.45, 2.75) is 121 Å². The fourth-order valence-corrected chi connectivity index (χ4v) is 7.65. The number of amides is 1. The molecule has 0 bridgehead atoms. The molecule has 3 aromatic rings. The van der Waals surface area contributed by atoms with Gasteiger partial charge < -0.3 is 20.5 Å². The average molecular weight is 665 g/mol. The number of nitrogen functional groups attached to an aromatic ring is 1. The Morgan fingerprint density at radius 2 is 1.74 bits per heavy atom. The quantitative estimate of drug-likeness (QED) is 0.232. The molecule has 1 aromatic heterocycles.